The summed E-state index contributed by atoms with van der Waals surface area (Å²) >= 11 is 0. The molecule has 0 heterocycles. The molecule has 0 saturated carbocycles. The summed E-state index contributed by atoms with van der Waals surface area (Å²) in [6, 6.07) is 0. The van der Waals surface area contributed by atoms with Crippen LogP contribution in [0.25, 0.3) is 0 Å². The molecule has 0 aromatic carbocycles. The zero-order valence-corrected chi connectivity index (χ0v) is 34.2. The maximum atomic E-state index is 12.6. The van der Waals surface area contributed by atoms with E-state index in [1.807, 2.05) is 19.0 Å². The summed E-state index contributed by atoms with van der Waals surface area (Å²) < 4.78 is 33.4. The van der Waals surface area contributed by atoms with Crippen molar-refractivity contribution in [3.05, 3.63) is 24.3 Å². The van der Waals surface area contributed by atoms with Gasteiger partial charge in [-0.1, -0.05) is 147 Å². The van der Waals surface area contributed by atoms with Crippen molar-refractivity contribution in [1.82, 2.24) is 4.90 Å². The number of likely N-dealkylation sites (N-methyl/N-ethyl adjacent to an activating group) is 1. The van der Waals surface area contributed by atoms with Crippen LogP contribution in [0.2, 0.25) is 0 Å². The molecule has 0 aromatic rings. The van der Waals surface area contributed by atoms with E-state index < -0.39 is 26.5 Å². The number of hydrogen-bond donors (Lipinski definition) is 1. The van der Waals surface area contributed by atoms with E-state index in [2.05, 4.69) is 38.2 Å². The zero-order chi connectivity index (χ0) is 37.7. The Kier molecular flexibility index (Phi) is 35.7. The predicted molar refractivity (Wildman–Crippen MR) is 211 cm³/mol. The molecule has 1 unspecified atom stereocenters. The highest BCUT2D eigenvalue weighted by atomic mass is 31.2. The lowest BCUT2D eigenvalue weighted by atomic mass is 10.0. The van der Waals surface area contributed by atoms with Crippen LogP contribution < -0.4 is 0 Å². The molecule has 0 radical (unpaired) electrons. The Morgan fingerprint density at radius 2 is 1.06 bits per heavy atom. The second-order valence-electron chi connectivity index (χ2n) is 14.2. The van der Waals surface area contributed by atoms with Crippen molar-refractivity contribution in [1.29, 1.82) is 0 Å². The highest BCUT2D eigenvalue weighted by Gasteiger charge is 2.26. The second kappa shape index (κ2) is 36.8. The van der Waals surface area contributed by atoms with Crippen molar-refractivity contribution >= 4 is 19.8 Å². The van der Waals surface area contributed by atoms with Gasteiger partial charge in [0, 0.05) is 19.4 Å². The van der Waals surface area contributed by atoms with E-state index in [4.69, 9.17) is 18.5 Å². The van der Waals surface area contributed by atoms with E-state index in [1.54, 1.807) is 0 Å². The number of nitrogens with zero attached hydrogens (tertiary/aromatic N) is 1. The Bertz CT molecular complexity index is 910. The number of hydrogen-bond acceptors (Lipinski definition) is 8. The molecule has 0 aliphatic carbocycles. The Labute approximate surface area is 313 Å². The van der Waals surface area contributed by atoms with Gasteiger partial charge in [-0.3, -0.25) is 18.6 Å². The number of rotatable bonds is 38. The maximum Gasteiger partial charge on any atom is 0.472 e. The molecule has 0 rings (SSSR count). The smallest absolute Gasteiger partial charge is 0.462 e. The van der Waals surface area contributed by atoms with Crippen molar-refractivity contribution in [3.63, 3.8) is 0 Å². The van der Waals surface area contributed by atoms with Crippen molar-refractivity contribution in [2.75, 3.05) is 40.5 Å². The largest absolute Gasteiger partial charge is 0.472 e. The molecule has 0 saturated heterocycles. The monoisotopic (exact) mass is 744 g/mol. The first-order valence-corrected chi connectivity index (χ1v) is 22.1. The first-order valence-electron chi connectivity index (χ1n) is 20.6. The number of phosphoric ester groups is 1. The molecule has 300 valence electrons. The molecule has 10 heteroatoms. The van der Waals surface area contributed by atoms with Crippen molar-refractivity contribution in [2.45, 2.75) is 187 Å². The standard InChI is InChI=1S/C41H78NO8P/c1-5-7-9-11-13-15-17-19-20-22-24-26-28-30-32-34-41(44)50-39(38-49-51(45,46)48-36-35-42(3)4)37-47-40(43)33-31-29-27-25-23-21-18-16-14-12-10-8-6-2/h13,15,19-20,39H,5-12,14,16-18,21-38H2,1-4H3,(H,45,46)/b15-13-,20-19-/t39-/m1/s1. The van der Waals surface area contributed by atoms with E-state index >= 15 is 0 Å². The van der Waals surface area contributed by atoms with Crippen LogP contribution in [0, 0.1) is 0 Å². The molecular weight excluding hydrogens is 665 g/mol. The van der Waals surface area contributed by atoms with Crippen LogP contribution in [0.3, 0.4) is 0 Å². The quantitative estimate of drug-likeness (QED) is 0.0286. The fourth-order valence-corrected chi connectivity index (χ4v) is 6.28. The molecule has 51 heavy (non-hydrogen) atoms. The molecule has 0 aliphatic rings. The number of unbranched alkanes of at least 4 members (excludes halogenated alkanes) is 20. The molecule has 0 bridgehead atoms. The maximum absolute atomic E-state index is 12.6. The minimum Gasteiger partial charge on any atom is -0.462 e. The van der Waals surface area contributed by atoms with Gasteiger partial charge in [-0.25, -0.2) is 4.57 Å². The van der Waals surface area contributed by atoms with Crippen LogP contribution in [0.4, 0.5) is 0 Å². The van der Waals surface area contributed by atoms with Gasteiger partial charge >= 0.3 is 19.8 Å². The molecule has 9 nitrogen and oxygen atoms in total. The van der Waals surface area contributed by atoms with Gasteiger partial charge in [0.05, 0.1) is 13.2 Å². The number of carbonyl (C=O) groups excluding carboxylic acids is 2. The van der Waals surface area contributed by atoms with Crippen LogP contribution in [0.1, 0.15) is 181 Å². The van der Waals surface area contributed by atoms with E-state index in [-0.39, 0.29) is 32.0 Å². The average molecular weight is 744 g/mol. The summed E-state index contributed by atoms with van der Waals surface area (Å²) in [6.45, 7) is 4.28. The summed E-state index contributed by atoms with van der Waals surface area (Å²) in [4.78, 5) is 36.9. The van der Waals surface area contributed by atoms with Gasteiger partial charge in [0.25, 0.3) is 0 Å². The number of phosphoric acid groups is 1. The third kappa shape index (κ3) is 38.0. The lowest BCUT2D eigenvalue weighted by Gasteiger charge is -2.20. The average Bonchev–Trinajstić information content (AvgIpc) is 3.09. The molecule has 0 spiro atoms. The SMILES string of the molecule is CCCCC/C=C\C/C=C\CCCCCCCC(=O)O[C@H](COC(=O)CCCCCCCCCCCCCCC)COP(=O)(O)OCCN(C)C. The summed E-state index contributed by atoms with van der Waals surface area (Å²) in [7, 11) is -0.714. The Hall–Kier alpha value is -1.51. The van der Waals surface area contributed by atoms with Crippen LogP contribution in [-0.2, 0) is 32.7 Å². The van der Waals surface area contributed by atoms with Gasteiger partial charge < -0.3 is 19.3 Å². The highest BCUT2D eigenvalue weighted by Crippen LogP contribution is 2.43. The number of carbonyl (C=O) groups is 2. The van der Waals surface area contributed by atoms with Crippen LogP contribution >= 0.6 is 7.82 Å². The predicted octanol–water partition coefficient (Wildman–Crippen LogP) is 11.4. The van der Waals surface area contributed by atoms with Crippen molar-refractivity contribution in [3.8, 4) is 0 Å². The fraction of sp³-hybridized carbons (Fsp3) is 0.854. The first-order chi connectivity index (χ1) is 24.7. The molecular formula is C41H78NO8P. The number of allylic oxidation sites excluding steroid dienone is 4. The minimum atomic E-state index is -4.36. The first kappa shape index (κ1) is 49.5. The molecule has 2 atom stereocenters. The fourth-order valence-electron chi connectivity index (χ4n) is 5.54. The summed E-state index contributed by atoms with van der Waals surface area (Å²) in [5.41, 5.74) is 0. The van der Waals surface area contributed by atoms with Gasteiger partial charge in [0.1, 0.15) is 6.61 Å². The van der Waals surface area contributed by atoms with E-state index in [0.717, 1.165) is 57.8 Å². The van der Waals surface area contributed by atoms with Gasteiger partial charge in [-0.15, -0.1) is 0 Å². The minimum absolute atomic E-state index is 0.00612. The van der Waals surface area contributed by atoms with Gasteiger partial charge in [0.2, 0.25) is 0 Å². The summed E-state index contributed by atoms with van der Waals surface area (Å²) in [6.07, 6.45) is 36.4. The van der Waals surface area contributed by atoms with Gasteiger partial charge in [0.15, 0.2) is 6.10 Å². The highest BCUT2D eigenvalue weighted by molar-refractivity contribution is 7.47. The lowest BCUT2D eigenvalue weighted by molar-refractivity contribution is -0.161. The summed E-state index contributed by atoms with van der Waals surface area (Å²) in [5, 5.41) is 0. The van der Waals surface area contributed by atoms with E-state index in [0.29, 0.717) is 13.0 Å². The van der Waals surface area contributed by atoms with E-state index in [1.165, 1.54) is 89.9 Å². The number of ether oxygens (including phenoxy) is 2. The molecule has 0 fully saturated rings. The Morgan fingerprint density at radius 3 is 1.59 bits per heavy atom. The molecule has 0 amide bonds. The molecule has 1 N–H and O–H groups in total. The van der Waals surface area contributed by atoms with E-state index in [9.17, 15) is 19.0 Å². The topological polar surface area (TPSA) is 112 Å². The van der Waals surface area contributed by atoms with Crippen LogP contribution in [-0.4, -0.2) is 68.3 Å². The Morgan fingerprint density at radius 1 is 0.608 bits per heavy atom. The second-order valence-corrected chi connectivity index (χ2v) is 15.6. The number of esters is 2. The Balaban J connectivity index is 4.34. The van der Waals surface area contributed by atoms with Gasteiger partial charge in [-0.2, -0.15) is 0 Å². The van der Waals surface area contributed by atoms with Crippen LogP contribution in [0.15, 0.2) is 24.3 Å². The van der Waals surface area contributed by atoms with Crippen LogP contribution in [0.5, 0.6) is 0 Å². The van der Waals surface area contributed by atoms with Crippen molar-refractivity contribution < 1.29 is 37.6 Å². The normalized spacial score (nSPS) is 13.7. The van der Waals surface area contributed by atoms with Crippen molar-refractivity contribution in [2.24, 2.45) is 0 Å². The van der Waals surface area contributed by atoms with Gasteiger partial charge in [-0.05, 0) is 59.0 Å². The third-order valence-corrected chi connectivity index (χ3v) is 9.75. The molecule has 0 aromatic heterocycles. The zero-order valence-electron chi connectivity index (χ0n) is 33.3. The third-order valence-electron chi connectivity index (χ3n) is 8.76. The lowest BCUT2D eigenvalue weighted by Crippen LogP contribution is -2.29. The summed E-state index contributed by atoms with van der Waals surface area (Å²) in [5.74, 6) is -0.814. The molecule has 0 aliphatic heterocycles.